The van der Waals surface area contributed by atoms with Gasteiger partial charge in [-0.25, -0.2) is 28.5 Å². The Kier molecular flexibility index (Phi) is 4.15. The van der Waals surface area contributed by atoms with E-state index in [1.165, 1.54) is 12.4 Å². The standard InChI is InChI=1S/C15H12F2N6O/c1-9-18-2-3-23(9)14-19-7-13(8-20-14)22-15(24)21-12-5-10(16)4-11(17)6-12/h2-8H,1H3,(H2,21,22,24). The van der Waals surface area contributed by atoms with Gasteiger partial charge in [0.25, 0.3) is 0 Å². The van der Waals surface area contributed by atoms with E-state index in [9.17, 15) is 13.6 Å². The van der Waals surface area contributed by atoms with Crippen LogP contribution in [0, 0.1) is 18.6 Å². The largest absolute Gasteiger partial charge is 0.323 e. The molecule has 0 aliphatic rings. The first-order chi connectivity index (χ1) is 11.5. The molecule has 2 heterocycles. The number of hydrogen-bond donors (Lipinski definition) is 2. The summed E-state index contributed by atoms with van der Waals surface area (Å²) in [5, 5.41) is 4.79. The summed E-state index contributed by atoms with van der Waals surface area (Å²) in [7, 11) is 0. The molecule has 0 radical (unpaired) electrons. The minimum absolute atomic E-state index is 0.00317. The second-order valence-electron chi connectivity index (χ2n) is 4.85. The third-order valence-corrected chi connectivity index (χ3v) is 3.06. The highest BCUT2D eigenvalue weighted by atomic mass is 19.1. The number of nitrogens with zero attached hydrogens (tertiary/aromatic N) is 4. The molecule has 0 unspecified atom stereocenters. The van der Waals surface area contributed by atoms with Crippen molar-refractivity contribution in [2.24, 2.45) is 0 Å². The first-order valence-electron chi connectivity index (χ1n) is 6.88. The lowest BCUT2D eigenvalue weighted by Gasteiger charge is -2.08. The zero-order valence-corrected chi connectivity index (χ0v) is 12.5. The maximum Gasteiger partial charge on any atom is 0.323 e. The summed E-state index contributed by atoms with van der Waals surface area (Å²) in [6, 6.07) is 2.05. The number of nitrogens with one attached hydrogen (secondary N) is 2. The number of imidazole rings is 1. The van der Waals surface area contributed by atoms with Crippen LogP contribution < -0.4 is 10.6 Å². The van der Waals surface area contributed by atoms with E-state index in [0.717, 1.165) is 18.0 Å². The highest BCUT2D eigenvalue weighted by Gasteiger charge is 2.08. The van der Waals surface area contributed by atoms with Gasteiger partial charge in [0.05, 0.1) is 18.1 Å². The van der Waals surface area contributed by atoms with Crippen LogP contribution >= 0.6 is 0 Å². The van der Waals surface area contributed by atoms with Gasteiger partial charge in [-0.1, -0.05) is 0 Å². The van der Waals surface area contributed by atoms with Crippen LogP contribution in [0.2, 0.25) is 0 Å². The van der Waals surface area contributed by atoms with Gasteiger partial charge in [0, 0.05) is 24.1 Å². The van der Waals surface area contributed by atoms with Crippen LogP contribution in [0.3, 0.4) is 0 Å². The van der Waals surface area contributed by atoms with E-state index >= 15 is 0 Å². The number of aromatic nitrogens is 4. The molecule has 24 heavy (non-hydrogen) atoms. The summed E-state index contributed by atoms with van der Waals surface area (Å²) in [6.45, 7) is 1.81. The van der Waals surface area contributed by atoms with Crippen molar-refractivity contribution in [1.82, 2.24) is 19.5 Å². The maximum atomic E-state index is 13.1. The minimum atomic E-state index is -0.784. The molecule has 2 amide bonds. The lowest BCUT2D eigenvalue weighted by atomic mass is 10.3. The van der Waals surface area contributed by atoms with Gasteiger partial charge in [-0.15, -0.1) is 0 Å². The molecule has 3 aromatic rings. The number of carbonyl (C=O) groups excluding carboxylic acids is 1. The Hall–Kier alpha value is -3.36. The molecule has 9 heteroatoms. The fourth-order valence-corrected chi connectivity index (χ4v) is 2.02. The van der Waals surface area contributed by atoms with Crippen molar-refractivity contribution in [3.05, 3.63) is 60.4 Å². The van der Waals surface area contributed by atoms with Gasteiger partial charge in [0.15, 0.2) is 0 Å². The number of rotatable bonds is 3. The van der Waals surface area contributed by atoms with Crippen molar-refractivity contribution in [3.8, 4) is 5.95 Å². The van der Waals surface area contributed by atoms with Crippen LogP contribution in [0.15, 0.2) is 43.0 Å². The number of amides is 2. The third-order valence-electron chi connectivity index (χ3n) is 3.06. The SMILES string of the molecule is Cc1nccn1-c1ncc(NC(=O)Nc2cc(F)cc(F)c2)cn1. The molecule has 122 valence electrons. The van der Waals surface area contributed by atoms with Gasteiger partial charge in [0.2, 0.25) is 5.95 Å². The second kappa shape index (κ2) is 6.41. The summed E-state index contributed by atoms with van der Waals surface area (Å²) in [5.74, 6) is -0.438. The molecule has 3 rings (SSSR count). The van der Waals surface area contributed by atoms with E-state index in [0.29, 0.717) is 17.7 Å². The fraction of sp³-hybridized carbons (Fsp3) is 0.0667. The van der Waals surface area contributed by atoms with Gasteiger partial charge < -0.3 is 10.6 Å². The quantitative estimate of drug-likeness (QED) is 0.773. The predicted molar refractivity (Wildman–Crippen MR) is 82.9 cm³/mol. The van der Waals surface area contributed by atoms with Crippen LogP contribution in [-0.4, -0.2) is 25.6 Å². The lowest BCUT2D eigenvalue weighted by Crippen LogP contribution is -2.20. The van der Waals surface area contributed by atoms with Gasteiger partial charge in [-0.2, -0.15) is 0 Å². The summed E-state index contributed by atoms with van der Waals surface area (Å²) >= 11 is 0. The zero-order chi connectivity index (χ0) is 17.1. The van der Waals surface area contributed by atoms with E-state index in [1.54, 1.807) is 23.9 Å². The van der Waals surface area contributed by atoms with Crippen LogP contribution in [0.5, 0.6) is 0 Å². The average Bonchev–Trinajstić information content (AvgIpc) is 2.93. The Balaban J connectivity index is 1.67. The molecular formula is C15H12F2N6O. The van der Waals surface area contributed by atoms with E-state index in [2.05, 4.69) is 25.6 Å². The predicted octanol–water partition coefficient (Wildman–Crippen LogP) is 2.89. The smallest absolute Gasteiger partial charge is 0.308 e. The topological polar surface area (TPSA) is 84.7 Å². The Labute approximate surface area is 135 Å². The van der Waals surface area contributed by atoms with Crippen LogP contribution in [0.4, 0.5) is 25.0 Å². The number of hydrogen-bond acceptors (Lipinski definition) is 4. The van der Waals surface area contributed by atoms with Crippen molar-refractivity contribution >= 4 is 17.4 Å². The first kappa shape index (κ1) is 15.5. The van der Waals surface area contributed by atoms with Crippen LogP contribution in [0.1, 0.15) is 5.82 Å². The Morgan fingerprint density at radius 2 is 1.62 bits per heavy atom. The molecule has 0 spiro atoms. The van der Waals surface area contributed by atoms with Crippen molar-refractivity contribution in [1.29, 1.82) is 0 Å². The van der Waals surface area contributed by atoms with E-state index in [-0.39, 0.29) is 5.69 Å². The summed E-state index contributed by atoms with van der Waals surface area (Å²) in [5.41, 5.74) is 0.322. The average molecular weight is 330 g/mol. The van der Waals surface area contributed by atoms with Crippen molar-refractivity contribution < 1.29 is 13.6 Å². The van der Waals surface area contributed by atoms with Crippen molar-refractivity contribution in [2.75, 3.05) is 10.6 Å². The Morgan fingerprint density at radius 1 is 1.00 bits per heavy atom. The number of urea groups is 1. The number of benzene rings is 1. The zero-order valence-electron chi connectivity index (χ0n) is 12.5. The minimum Gasteiger partial charge on any atom is -0.308 e. The van der Waals surface area contributed by atoms with Gasteiger partial charge in [-0.3, -0.25) is 4.57 Å². The molecular weight excluding hydrogens is 318 g/mol. The molecule has 0 saturated carbocycles. The van der Waals surface area contributed by atoms with Crippen molar-refractivity contribution in [3.63, 3.8) is 0 Å². The molecule has 0 aliphatic heterocycles. The fourth-order valence-electron chi connectivity index (χ4n) is 2.02. The number of anilines is 2. The molecule has 2 N–H and O–H groups in total. The second-order valence-corrected chi connectivity index (χ2v) is 4.85. The number of carbonyl (C=O) groups is 1. The normalized spacial score (nSPS) is 10.5. The highest BCUT2D eigenvalue weighted by molar-refractivity contribution is 5.99. The summed E-state index contributed by atoms with van der Waals surface area (Å²) in [6.07, 6.45) is 6.15. The van der Waals surface area contributed by atoms with Crippen molar-refractivity contribution in [2.45, 2.75) is 6.92 Å². The Morgan fingerprint density at radius 3 is 2.21 bits per heavy atom. The molecule has 7 nitrogen and oxygen atoms in total. The lowest BCUT2D eigenvalue weighted by molar-refractivity contribution is 0.262. The molecule has 2 aromatic heterocycles. The highest BCUT2D eigenvalue weighted by Crippen LogP contribution is 2.14. The molecule has 0 saturated heterocycles. The first-order valence-corrected chi connectivity index (χ1v) is 6.88. The van der Waals surface area contributed by atoms with E-state index < -0.39 is 17.7 Å². The van der Waals surface area contributed by atoms with Crippen LogP contribution in [0.25, 0.3) is 5.95 Å². The molecule has 0 aliphatic carbocycles. The molecule has 0 atom stereocenters. The van der Waals surface area contributed by atoms with E-state index in [4.69, 9.17) is 0 Å². The molecule has 0 bridgehead atoms. The number of halogens is 2. The monoisotopic (exact) mass is 330 g/mol. The maximum absolute atomic E-state index is 13.1. The van der Waals surface area contributed by atoms with Gasteiger partial charge in [-0.05, 0) is 19.1 Å². The Bertz CT molecular complexity index is 858. The summed E-state index contributed by atoms with van der Waals surface area (Å²) in [4.78, 5) is 24.1. The number of aryl methyl sites for hydroxylation is 1. The van der Waals surface area contributed by atoms with E-state index in [1.807, 2.05) is 0 Å². The summed E-state index contributed by atoms with van der Waals surface area (Å²) < 4.78 is 27.8. The molecule has 0 fully saturated rings. The van der Waals surface area contributed by atoms with Gasteiger partial charge in [0.1, 0.15) is 17.5 Å². The van der Waals surface area contributed by atoms with Gasteiger partial charge >= 0.3 is 6.03 Å². The molecule has 1 aromatic carbocycles. The van der Waals surface area contributed by atoms with Crippen LogP contribution in [-0.2, 0) is 0 Å². The third kappa shape index (κ3) is 3.51.